The highest BCUT2D eigenvalue weighted by Gasteiger charge is 2.15. The first-order chi connectivity index (χ1) is 9.95. The fourth-order valence-electron chi connectivity index (χ4n) is 2.33. The Kier molecular flexibility index (Phi) is 10.1. The van der Waals surface area contributed by atoms with Crippen LogP contribution in [0.3, 0.4) is 0 Å². The van der Waals surface area contributed by atoms with Crippen LogP contribution in [-0.4, -0.2) is 35.3 Å². The van der Waals surface area contributed by atoms with Gasteiger partial charge in [-0.05, 0) is 32.7 Å². The van der Waals surface area contributed by atoms with E-state index in [4.69, 9.17) is 0 Å². The molecule has 0 bridgehead atoms. The molecule has 1 amide bonds. The minimum atomic E-state index is 0. The minimum absolute atomic E-state index is 0. The molecule has 0 fully saturated rings. The summed E-state index contributed by atoms with van der Waals surface area (Å²) < 4.78 is 2.02. The Morgan fingerprint density at radius 3 is 2.50 bits per heavy atom. The summed E-state index contributed by atoms with van der Waals surface area (Å²) >= 11 is 0. The van der Waals surface area contributed by atoms with Crippen LogP contribution in [-0.2, 0) is 17.8 Å². The number of aryl methyl sites for hydroxylation is 1. The average molecular weight is 331 g/mol. The van der Waals surface area contributed by atoms with E-state index in [9.17, 15) is 4.79 Å². The lowest BCUT2D eigenvalue weighted by Gasteiger charge is -2.08. The lowest BCUT2D eigenvalue weighted by Crippen LogP contribution is -2.33. The maximum Gasteiger partial charge on any atom is 0.224 e. The maximum absolute atomic E-state index is 12.0. The van der Waals surface area contributed by atoms with Gasteiger partial charge < -0.3 is 10.6 Å². The largest absolute Gasteiger partial charge is 0.355 e. The van der Waals surface area contributed by atoms with Crippen LogP contribution >= 0.6 is 12.4 Å². The molecule has 2 N–H and O–H groups in total. The van der Waals surface area contributed by atoms with Crippen molar-refractivity contribution in [3.63, 3.8) is 0 Å². The molecule has 1 heterocycles. The molecule has 0 radical (unpaired) electrons. The van der Waals surface area contributed by atoms with E-state index < -0.39 is 0 Å². The van der Waals surface area contributed by atoms with E-state index >= 15 is 0 Å². The topological polar surface area (TPSA) is 58.9 Å². The highest BCUT2D eigenvalue weighted by molar-refractivity contribution is 5.85. The first-order valence-corrected chi connectivity index (χ1v) is 7.96. The van der Waals surface area contributed by atoms with Crippen molar-refractivity contribution < 1.29 is 4.79 Å². The molecule has 0 aromatic carbocycles. The van der Waals surface area contributed by atoms with Gasteiger partial charge in [-0.25, -0.2) is 0 Å². The van der Waals surface area contributed by atoms with Gasteiger partial charge in [0.05, 0.1) is 12.1 Å². The molecule has 0 unspecified atom stereocenters. The third kappa shape index (κ3) is 6.79. The smallest absolute Gasteiger partial charge is 0.224 e. The second kappa shape index (κ2) is 10.6. The molecule has 1 rings (SSSR count). The van der Waals surface area contributed by atoms with Gasteiger partial charge in [0, 0.05) is 30.9 Å². The quantitative estimate of drug-likeness (QED) is 0.683. The first-order valence-electron chi connectivity index (χ1n) is 7.96. The lowest BCUT2D eigenvalue weighted by molar-refractivity contribution is -0.120. The number of nitrogens with one attached hydrogen (secondary N) is 2. The summed E-state index contributed by atoms with van der Waals surface area (Å²) in [7, 11) is 0. The normalized spacial score (nSPS) is 10.6. The van der Waals surface area contributed by atoms with Crippen molar-refractivity contribution in [3.05, 3.63) is 17.0 Å². The second-order valence-electron chi connectivity index (χ2n) is 6.00. The van der Waals surface area contributed by atoms with Crippen LogP contribution < -0.4 is 10.6 Å². The molecule has 1 aromatic heterocycles. The summed E-state index contributed by atoms with van der Waals surface area (Å²) in [5.74, 6) is 0.623. The summed E-state index contributed by atoms with van der Waals surface area (Å²) in [4.78, 5) is 12.0. The number of nitrogens with zero attached hydrogens (tertiary/aromatic N) is 2. The molecule has 22 heavy (non-hydrogen) atoms. The summed E-state index contributed by atoms with van der Waals surface area (Å²) in [5.41, 5.74) is 3.14. The van der Waals surface area contributed by atoms with Gasteiger partial charge in [0.25, 0.3) is 0 Å². The van der Waals surface area contributed by atoms with Crippen LogP contribution in [0, 0.1) is 19.8 Å². The zero-order valence-corrected chi connectivity index (χ0v) is 15.3. The Morgan fingerprint density at radius 1 is 1.23 bits per heavy atom. The van der Waals surface area contributed by atoms with E-state index in [0.717, 1.165) is 43.0 Å². The number of carbonyl (C=O) groups excluding carboxylic acids is 1. The number of carbonyl (C=O) groups is 1. The molecular formula is C16H31ClN4O. The fourth-order valence-corrected chi connectivity index (χ4v) is 2.33. The van der Waals surface area contributed by atoms with Crippen LogP contribution in [0.2, 0.25) is 0 Å². The fraction of sp³-hybridized carbons (Fsp3) is 0.750. The van der Waals surface area contributed by atoms with Gasteiger partial charge in [-0.3, -0.25) is 9.48 Å². The Labute approximate surface area is 140 Å². The van der Waals surface area contributed by atoms with Crippen molar-refractivity contribution in [2.24, 2.45) is 5.92 Å². The van der Waals surface area contributed by atoms with Gasteiger partial charge in [-0.15, -0.1) is 12.4 Å². The van der Waals surface area contributed by atoms with E-state index in [1.807, 2.05) is 18.5 Å². The number of hydrogen-bond donors (Lipinski definition) is 2. The van der Waals surface area contributed by atoms with Crippen molar-refractivity contribution in [2.75, 3.05) is 19.6 Å². The SMILES string of the molecule is CCCNCCNC(=O)Cc1c(C)nn(CC(C)C)c1C.Cl. The van der Waals surface area contributed by atoms with Gasteiger partial charge in [-0.1, -0.05) is 20.8 Å². The van der Waals surface area contributed by atoms with E-state index in [1.54, 1.807) is 0 Å². The number of aromatic nitrogens is 2. The van der Waals surface area contributed by atoms with Crippen LogP contribution in [0.15, 0.2) is 0 Å². The molecule has 5 nitrogen and oxygen atoms in total. The third-order valence-electron chi connectivity index (χ3n) is 3.46. The average Bonchev–Trinajstić information content (AvgIpc) is 2.65. The third-order valence-corrected chi connectivity index (χ3v) is 3.46. The van der Waals surface area contributed by atoms with E-state index in [1.165, 1.54) is 0 Å². The predicted octanol–water partition coefficient (Wildman–Crippen LogP) is 2.24. The molecule has 128 valence electrons. The van der Waals surface area contributed by atoms with Crippen LogP contribution in [0.25, 0.3) is 0 Å². The highest BCUT2D eigenvalue weighted by atomic mass is 35.5. The van der Waals surface area contributed by atoms with Gasteiger partial charge in [-0.2, -0.15) is 5.10 Å². The molecule has 0 saturated heterocycles. The van der Waals surface area contributed by atoms with Gasteiger partial charge >= 0.3 is 0 Å². The standard InChI is InChI=1S/C16H30N4O.ClH/c1-6-7-17-8-9-18-16(21)10-15-13(4)19-20(14(15)5)11-12(2)3;/h12,17H,6-11H2,1-5H3,(H,18,21);1H. The summed E-state index contributed by atoms with van der Waals surface area (Å²) in [6.07, 6.45) is 1.53. The molecule has 0 aliphatic heterocycles. The molecule has 0 saturated carbocycles. The van der Waals surface area contributed by atoms with Crippen molar-refractivity contribution in [1.82, 2.24) is 20.4 Å². The van der Waals surface area contributed by atoms with Gasteiger partial charge in [0.2, 0.25) is 5.91 Å². The molecule has 0 spiro atoms. The van der Waals surface area contributed by atoms with Crippen molar-refractivity contribution >= 4 is 18.3 Å². The minimum Gasteiger partial charge on any atom is -0.355 e. The highest BCUT2D eigenvalue weighted by Crippen LogP contribution is 2.15. The zero-order chi connectivity index (χ0) is 15.8. The molecule has 6 heteroatoms. The monoisotopic (exact) mass is 330 g/mol. The number of hydrogen-bond acceptors (Lipinski definition) is 3. The van der Waals surface area contributed by atoms with Crippen LogP contribution in [0.1, 0.15) is 44.1 Å². The number of amides is 1. The second-order valence-corrected chi connectivity index (χ2v) is 6.00. The van der Waals surface area contributed by atoms with Crippen molar-refractivity contribution in [3.8, 4) is 0 Å². The molecule has 0 atom stereocenters. The zero-order valence-electron chi connectivity index (χ0n) is 14.5. The predicted molar refractivity (Wildman–Crippen MR) is 93.7 cm³/mol. The lowest BCUT2D eigenvalue weighted by atomic mass is 10.1. The Morgan fingerprint density at radius 2 is 1.91 bits per heavy atom. The Hall–Kier alpha value is -1.07. The molecular weight excluding hydrogens is 300 g/mol. The van der Waals surface area contributed by atoms with Crippen molar-refractivity contribution in [2.45, 2.75) is 54.0 Å². The van der Waals surface area contributed by atoms with Gasteiger partial charge in [0.15, 0.2) is 0 Å². The van der Waals surface area contributed by atoms with Gasteiger partial charge in [0.1, 0.15) is 0 Å². The van der Waals surface area contributed by atoms with E-state index in [2.05, 4.69) is 36.5 Å². The maximum atomic E-state index is 12.0. The van der Waals surface area contributed by atoms with Crippen LogP contribution in [0.5, 0.6) is 0 Å². The van der Waals surface area contributed by atoms with Crippen molar-refractivity contribution in [1.29, 1.82) is 0 Å². The van der Waals surface area contributed by atoms with E-state index in [0.29, 0.717) is 18.9 Å². The van der Waals surface area contributed by atoms with E-state index in [-0.39, 0.29) is 18.3 Å². The van der Waals surface area contributed by atoms with Crippen LogP contribution in [0.4, 0.5) is 0 Å². The summed E-state index contributed by atoms with van der Waals surface area (Å²) in [5, 5.41) is 10.8. The molecule has 1 aromatic rings. The first kappa shape index (κ1) is 20.9. The molecule has 0 aliphatic carbocycles. The number of halogens is 1. The molecule has 0 aliphatic rings. The summed E-state index contributed by atoms with van der Waals surface area (Å²) in [6, 6.07) is 0. The Bertz CT molecular complexity index is 457. The number of rotatable bonds is 9. The summed E-state index contributed by atoms with van der Waals surface area (Å²) in [6.45, 7) is 13.9. The Balaban J connectivity index is 0.00000441.